The lowest BCUT2D eigenvalue weighted by atomic mass is 9.94. The second kappa shape index (κ2) is 9.33. The molecular weight excluding hydrogens is 422 g/mol. The smallest absolute Gasteiger partial charge is 0.371 e. The molecule has 0 bridgehead atoms. The van der Waals surface area contributed by atoms with Crippen LogP contribution >= 0.6 is 11.8 Å². The van der Waals surface area contributed by atoms with Crippen LogP contribution in [0.1, 0.15) is 52.9 Å². The quantitative estimate of drug-likeness (QED) is 0.466. The normalized spacial score (nSPS) is 23.2. The van der Waals surface area contributed by atoms with Crippen molar-refractivity contribution in [1.29, 1.82) is 0 Å². The van der Waals surface area contributed by atoms with E-state index in [9.17, 15) is 19.5 Å². The average Bonchev–Trinajstić information content (AvgIpc) is 3.32. The van der Waals surface area contributed by atoms with Gasteiger partial charge in [0, 0.05) is 35.1 Å². The number of rotatable bonds is 8. The molecule has 1 saturated carbocycles. The van der Waals surface area contributed by atoms with E-state index >= 15 is 0 Å². The number of pyridine rings is 1. The Kier molecular flexibility index (Phi) is 6.54. The molecular formula is C22H23NO7S. The van der Waals surface area contributed by atoms with Crippen LogP contribution in [0.3, 0.4) is 0 Å². The minimum atomic E-state index is -1.15. The molecule has 0 saturated heterocycles. The zero-order chi connectivity index (χ0) is 22.0. The Hall–Kier alpha value is -2.49. The van der Waals surface area contributed by atoms with Gasteiger partial charge < -0.3 is 19.4 Å². The Morgan fingerprint density at radius 2 is 2.13 bits per heavy atom. The summed E-state index contributed by atoms with van der Waals surface area (Å²) in [6.07, 6.45) is 3.70. The molecule has 0 amide bonds. The molecule has 9 heteroatoms. The monoisotopic (exact) mass is 445 g/mol. The van der Waals surface area contributed by atoms with Gasteiger partial charge in [-0.1, -0.05) is 0 Å². The number of aliphatic hydroxyl groups is 1. The van der Waals surface area contributed by atoms with E-state index in [1.807, 2.05) is 6.07 Å². The Morgan fingerprint density at radius 1 is 1.29 bits per heavy atom. The molecule has 0 aromatic carbocycles. The van der Waals surface area contributed by atoms with Crippen LogP contribution in [0, 0.1) is 11.8 Å². The van der Waals surface area contributed by atoms with Gasteiger partial charge in [-0.2, -0.15) is 0 Å². The molecule has 2 N–H and O–H groups in total. The first kappa shape index (κ1) is 21.7. The van der Waals surface area contributed by atoms with E-state index in [1.165, 1.54) is 23.9 Å². The highest BCUT2D eigenvalue weighted by atomic mass is 32.2. The highest BCUT2D eigenvalue weighted by Crippen LogP contribution is 2.37. The Balaban J connectivity index is 1.37. The van der Waals surface area contributed by atoms with E-state index in [1.54, 1.807) is 6.20 Å². The number of aromatic nitrogens is 1. The maximum atomic E-state index is 12.4. The fourth-order valence-electron chi connectivity index (χ4n) is 4.12. The van der Waals surface area contributed by atoms with Crippen LogP contribution in [0.4, 0.5) is 0 Å². The summed E-state index contributed by atoms with van der Waals surface area (Å²) in [5, 5.41) is 19.1. The highest BCUT2D eigenvalue weighted by molar-refractivity contribution is 7.99. The maximum absolute atomic E-state index is 12.4. The van der Waals surface area contributed by atoms with Crippen LogP contribution in [0.15, 0.2) is 33.7 Å². The van der Waals surface area contributed by atoms with E-state index in [0.717, 1.165) is 23.3 Å². The summed E-state index contributed by atoms with van der Waals surface area (Å²) in [6.45, 7) is 0.279. The van der Waals surface area contributed by atoms with Crippen molar-refractivity contribution >= 4 is 29.3 Å². The number of thioether (sulfide) groups is 1. The van der Waals surface area contributed by atoms with Gasteiger partial charge in [-0.3, -0.25) is 14.6 Å². The minimum absolute atomic E-state index is 0.0712. The van der Waals surface area contributed by atoms with Crippen molar-refractivity contribution in [2.45, 2.75) is 43.3 Å². The third kappa shape index (κ3) is 4.73. The molecule has 3 atom stereocenters. The summed E-state index contributed by atoms with van der Waals surface area (Å²) in [5.74, 6) is -1.90. The topological polar surface area (TPSA) is 127 Å². The molecule has 31 heavy (non-hydrogen) atoms. The Morgan fingerprint density at radius 3 is 2.90 bits per heavy atom. The van der Waals surface area contributed by atoms with Gasteiger partial charge in [0.15, 0.2) is 5.78 Å². The number of carbonyl (C=O) groups excluding carboxylic acids is 2. The number of ketones is 2. The number of aliphatic hydroxyl groups excluding tert-OH is 1. The number of carbonyl (C=O) groups is 3. The van der Waals surface area contributed by atoms with Gasteiger partial charge in [-0.25, -0.2) is 4.79 Å². The van der Waals surface area contributed by atoms with E-state index in [2.05, 4.69) is 4.98 Å². The summed E-state index contributed by atoms with van der Waals surface area (Å²) in [7, 11) is 0. The van der Waals surface area contributed by atoms with Crippen molar-refractivity contribution in [3.05, 3.63) is 47.2 Å². The van der Waals surface area contributed by atoms with Gasteiger partial charge in [0.2, 0.25) is 11.5 Å². The number of ether oxygens (including phenoxy) is 1. The lowest BCUT2D eigenvalue weighted by Gasteiger charge is -2.23. The molecule has 2 aliphatic rings. The molecule has 8 nitrogen and oxygen atoms in total. The zero-order valence-corrected chi connectivity index (χ0v) is 17.6. The molecule has 0 spiro atoms. The number of fused-ring (bicyclic) bond motifs is 1. The summed E-state index contributed by atoms with van der Waals surface area (Å²) in [5.41, 5.74) is 1.74. The molecule has 2 aromatic rings. The second-order valence-electron chi connectivity index (χ2n) is 7.84. The molecule has 2 aromatic heterocycles. The predicted octanol–water partition coefficient (Wildman–Crippen LogP) is 2.83. The summed E-state index contributed by atoms with van der Waals surface area (Å²) in [6, 6.07) is 4.78. The van der Waals surface area contributed by atoms with Gasteiger partial charge in [0.05, 0.1) is 18.4 Å². The molecule has 2 aliphatic carbocycles. The maximum Gasteiger partial charge on any atom is 0.371 e. The molecule has 0 radical (unpaired) electrons. The van der Waals surface area contributed by atoms with Crippen LogP contribution in [0.5, 0.6) is 0 Å². The van der Waals surface area contributed by atoms with Gasteiger partial charge in [-0.15, -0.1) is 11.8 Å². The third-order valence-corrected chi connectivity index (χ3v) is 6.98. The van der Waals surface area contributed by atoms with Crippen LogP contribution < -0.4 is 0 Å². The first-order chi connectivity index (χ1) is 14.9. The number of Topliss-reactive ketones (excluding diaryl/α,β-unsaturated/α-hetero) is 2. The fourth-order valence-corrected chi connectivity index (χ4v) is 5.44. The minimum Gasteiger partial charge on any atom is -0.475 e. The first-order valence-corrected chi connectivity index (χ1v) is 11.2. The fraction of sp³-hybridized carbons (Fsp3) is 0.455. The van der Waals surface area contributed by atoms with E-state index in [4.69, 9.17) is 14.3 Å². The van der Waals surface area contributed by atoms with Gasteiger partial charge in [0.1, 0.15) is 12.4 Å². The number of hydrogen-bond donors (Lipinski definition) is 2. The summed E-state index contributed by atoms with van der Waals surface area (Å²) >= 11 is 1.52. The van der Waals surface area contributed by atoms with Crippen molar-refractivity contribution in [2.24, 2.45) is 11.8 Å². The molecule has 1 unspecified atom stereocenters. The van der Waals surface area contributed by atoms with Gasteiger partial charge in [-0.05, 0) is 43.0 Å². The van der Waals surface area contributed by atoms with Gasteiger partial charge in [0.25, 0.3) is 0 Å². The first-order valence-electron chi connectivity index (χ1n) is 10.2. The summed E-state index contributed by atoms with van der Waals surface area (Å²) in [4.78, 5) is 40.7. The van der Waals surface area contributed by atoms with Crippen molar-refractivity contribution in [1.82, 2.24) is 4.98 Å². The van der Waals surface area contributed by atoms with Crippen molar-refractivity contribution in [2.75, 3.05) is 12.4 Å². The number of nitrogens with zero attached hydrogens (tertiary/aromatic N) is 1. The largest absolute Gasteiger partial charge is 0.475 e. The molecule has 4 rings (SSSR count). The Labute approximate surface area is 183 Å². The van der Waals surface area contributed by atoms with Crippen LogP contribution in [-0.4, -0.2) is 45.1 Å². The number of furan rings is 1. The molecule has 0 aliphatic heterocycles. The molecule has 2 heterocycles. The lowest BCUT2D eigenvalue weighted by molar-refractivity contribution is -0.135. The van der Waals surface area contributed by atoms with Crippen molar-refractivity contribution in [3.8, 4) is 0 Å². The number of hydrogen-bond acceptors (Lipinski definition) is 8. The van der Waals surface area contributed by atoms with Gasteiger partial charge >= 0.3 is 5.97 Å². The zero-order valence-electron chi connectivity index (χ0n) is 16.8. The average molecular weight is 445 g/mol. The molecule has 1 fully saturated rings. The molecule has 164 valence electrons. The van der Waals surface area contributed by atoms with Crippen molar-refractivity contribution < 1.29 is 33.8 Å². The van der Waals surface area contributed by atoms with Crippen LogP contribution in [0.2, 0.25) is 0 Å². The van der Waals surface area contributed by atoms with E-state index in [-0.39, 0.29) is 42.9 Å². The predicted molar refractivity (Wildman–Crippen MR) is 110 cm³/mol. The lowest BCUT2D eigenvalue weighted by Crippen LogP contribution is -2.23. The second-order valence-corrected chi connectivity index (χ2v) is 8.90. The number of aromatic carboxylic acids is 1. The van der Waals surface area contributed by atoms with E-state index in [0.29, 0.717) is 23.6 Å². The highest BCUT2D eigenvalue weighted by Gasteiger charge is 2.41. The third-order valence-electron chi connectivity index (χ3n) is 5.76. The summed E-state index contributed by atoms with van der Waals surface area (Å²) < 4.78 is 10.8. The van der Waals surface area contributed by atoms with Crippen LogP contribution in [-0.2, 0) is 27.4 Å². The van der Waals surface area contributed by atoms with Crippen molar-refractivity contribution in [3.63, 3.8) is 0 Å². The number of carboxylic acid groups (broad SMARTS) is 1. The SMILES string of the molecule is O=C1C[C@H](COCc2ccc(C(=O)O)o2)[C@@H](CSc2ccnc3c2CCCC3O)C1=O. The van der Waals surface area contributed by atoms with E-state index < -0.39 is 18.0 Å². The Bertz CT molecular complexity index is 1000. The van der Waals surface area contributed by atoms with Crippen LogP contribution in [0.25, 0.3) is 0 Å². The number of carboxylic acids is 1. The standard InChI is InChI=1S/C22H23NO7S/c24-16-3-1-2-14-19(6-7-23-20(14)16)31-11-15-12(8-17(25)21(15)26)9-29-10-13-4-5-18(30-13)22(27)28/h4-7,12,15-16,24H,1-3,8-11H2,(H,27,28)/t12-,15-,16?/m1/s1.